The van der Waals surface area contributed by atoms with Gasteiger partial charge in [-0.2, -0.15) is 0 Å². The third-order valence-electron chi connectivity index (χ3n) is 5.20. The SMILES string of the molecule is C=Cc1ccc(-c2nccc3c(C)c(C)n(Cc4cccc(F)c4)c23)cc1. The van der Waals surface area contributed by atoms with Gasteiger partial charge >= 0.3 is 0 Å². The van der Waals surface area contributed by atoms with E-state index in [4.69, 9.17) is 0 Å². The summed E-state index contributed by atoms with van der Waals surface area (Å²) in [6.45, 7) is 8.66. The quantitative estimate of drug-likeness (QED) is 0.429. The van der Waals surface area contributed by atoms with Crippen molar-refractivity contribution in [1.82, 2.24) is 9.55 Å². The average Bonchev–Trinajstić information content (AvgIpc) is 2.93. The minimum absolute atomic E-state index is 0.211. The molecule has 2 nitrogen and oxygen atoms in total. The first-order valence-corrected chi connectivity index (χ1v) is 9.00. The Balaban J connectivity index is 1.92. The molecule has 2 aromatic carbocycles. The zero-order chi connectivity index (χ0) is 19.0. The maximum Gasteiger partial charge on any atom is 0.123 e. The van der Waals surface area contributed by atoms with Crippen molar-refractivity contribution in [3.63, 3.8) is 0 Å². The molecule has 0 radical (unpaired) electrons. The van der Waals surface area contributed by atoms with E-state index in [1.165, 1.54) is 22.7 Å². The van der Waals surface area contributed by atoms with E-state index in [1.807, 2.05) is 30.5 Å². The highest BCUT2D eigenvalue weighted by molar-refractivity contribution is 5.95. The summed E-state index contributed by atoms with van der Waals surface area (Å²) in [5.74, 6) is -0.211. The largest absolute Gasteiger partial charge is 0.338 e. The molecule has 0 saturated carbocycles. The van der Waals surface area contributed by atoms with Crippen LogP contribution in [0.2, 0.25) is 0 Å². The van der Waals surface area contributed by atoms with Crippen LogP contribution in [0.1, 0.15) is 22.4 Å². The van der Waals surface area contributed by atoms with Crippen LogP contribution in [0.3, 0.4) is 0 Å². The van der Waals surface area contributed by atoms with Gasteiger partial charge in [-0.25, -0.2) is 4.39 Å². The number of hydrogen-bond donors (Lipinski definition) is 0. The van der Waals surface area contributed by atoms with Crippen LogP contribution in [-0.2, 0) is 6.54 Å². The van der Waals surface area contributed by atoms with Crippen LogP contribution >= 0.6 is 0 Å². The summed E-state index contributed by atoms with van der Waals surface area (Å²) >= 11 is 0. The average molecular weight is 356 g/mol. The van der Waals surface area contributed by atoms with E-state index in [0.29, 0.717) is 6.54 Å². The van der Waals surface area contributed by atoms with Crippen LogP contribution in [0.4, 0.5) is 4.39 Å². The monoisotopic (exact) mass is 356 g/mol. The van der Waals surface area contributed by atoms with Gasteiger partial charge in [0.05, 0.1) is 11.2 Å². The Morgan fingerprint density at radius 1 is 1.07 bits per heavy atom. The van der Waals surface area contributed by atoms with Gasteiger partial charge in [-0.05, 0) is 48.7 Å². The van der Waals surface area contributed by atoms with Crippen LogP contribution in [-0.4, -0.2) is 9.55 Å². The lowest BCUT2D eigenvalue weighted by molar-refractivity contribution is 0.623. The first kappa shape index (κ1) is 17.2. The predicted octanol–water partition coefficient (Wildman–Crippen LogP) is 6.15. The van der Waals surface area contributed by atoms with Crippen LogP contribution < -0.4 is 0 Å². The number of fused-ring (bicyclic) bond motifs is 1. The Morgan fingerprint density at radius 2 is 1.85 bits per heavy atom. The van der Waals surface area contributed by atoms with E-state index >= 15 is 0 Å². The van der Waals surface area contributed by atoms with E-state index in [0.717, 1.165) is 27.9 Å². The summed E-state index contributed by atoms with van der Waals surface area (Å²) in [4.78, 5) is 4.69. The number of nitrogens with zero attached hydrogens (tertiary/aromatic N) is 2. The molecule has 0 atom stereocenters. The van der Waals surface area contributed by atoms with Crippen molar-refractivity contribution < 1.29 is 4.39 Å². The molecule has 3 heteroatoms. The zero-order valence-corrected chi connectivity index (χ0v) is 15.5. The van der Waals surface area contributed by atoms with Gasteiger partial charge in [-0.1, -0.05) is 49.1 Å². The predicted molar refractivity (Wildman–Crippen MR) is 110 cm³/mol. The molecular formula is C24H21FN2. The van der Waals surface area contributed by atoms with E-state index < -0.39 is 0 Å². The molecule has 4 aromatic rings. The molecule has 0 amide bonds. The van der Waals surface area contributed by atoms with Crippen LogP contribution in [0.25, 0.3) is 28.2 Å². The third-order valence-corrected chi connectivity index (χ3v) is 5.20. The molecule has 2 heterocycles. The van der Waals surface area contributed by atoms with Crippen LogP contribution in [0, 0.1) is 19.7 Å². The second-order valence-electron chi connectivity index (χ2n) is 6.81. The van der Waals surface area contributed by atoms with Crippen molar-refractivity contribution in [1.29, 1.82) is 0 Å². The molecule has 134 valence electrons. The number of benzene rings is 2. The highest BCUT2D eigenvalue weighted by atomic mass is 19.1. The summed E-state index contributed by atoms with van der Waals surface area (Å²) in [5.41, 5.74) is 7.50. The lowest BCUT2D eigenvalue weighted by Gasteiger charge is -2.12. The maximum absolute atomic E-state index is 13.7. The minimum atomic E-state index is -0.211. The number of aryl methyl sites for hydroxylation is 1. The van der Waals surface area contributed by atoms with Crippen molar-refractivity contribution in [2.75, 3.05) is 0 Å². The summed E-state index contributed by atoms with van der Waals surface area (Å²) in [6.07, 6.45) is 3.69. The third kappa shape index (κ3) is 3.06. The van der Waals surface area contributed by atoms with Crippen LogP contribution in [0.5, 0.6) is 0 Å². The molecule has 0 aliphatic carbocycles. The Bertz CT molecular complexity index is 1140. The van der Waals surface area contributed by atoms with Crippen molar-refractivity contribution in [3.05, 3.63) is 95.6 Å². The number of pyridine rings is 1. The Hall–Kier alpha value is -3.20. The van der Waals surface area contributed by atoms with Crippen molar-refractivity contribution >= 4 is 17.0 Å². The molecule has 0 aliphatic heterocycles. The molecule has 27 heavy (non-hydrogen) atoms. The zero-order valence-electron chi connectivity index (χ0n) is 15.5. The van der Waals surface area contributed by atoms with Gasteiger partial charge in [0.25, 0.3) is 0 Å². The Morgan fingerprint density at radius 3 is 2.56 bits per heavy atom. The van der Waals surface area contributed by atoms with Gasteiger partial charge in [0.15, 0.2) is 0 Å². The fourth-order valence-corrected chi connectivity index (χ4v) is 3.60. The first-order valence-electron chi connectivity index (χ1n) is 9.00. The van der Waals surface area contributed by atoms with Crippen molar-refractivity contribution in [3.8, 4) is 11.3 Å². The van der Waals surface area contributed by atoms with E-state index in [2.05, 4.69) is 48.2 Å². The Labute approximate surface area is 158 Å². The number of hydrogen-bond acceptors (Lipinski definition) is 1. The molecule has 4 rings (SSSR count). The van der Waals surface area contributed by atoms with E-state index in [-0.39, 0.29) is 5.82 Å². The fraction of sp³-hybridized carbons (Fsp3) is 0.125. The van der Waals surface area contributed by atoms with Crippen molar-refractivity contribution in [2.45, 2.75) is 20.4 Å². The normalized spacial score (nSPS) is 11.1. The fourth-order valence-electron chi connectivity index (χ4n) is 3.60. The highest BCUT2D eigenvalue weighted by Crippen LogP contribution is 2.33. The lowest BCUT2D eigenvalue weighted by atomic mass is 10.1. The lowest BCUT2D eigenvalue weighted by Crippen LogP contribution is -2.03. The molecule has 0 aliphatic rings. The second kappa shape index (κ2) is 6.84. The van der Waals surface area contributed by atoms with Gasteiger partial charge in [0.1, 0.15) is 5.82 Å². The number of aromatic nitrogens is 2. The highest BCUT2D eigenvalue weighted by Gasteiger charge is 2.16. The maximum atomic E-state index is 13.7. The van der Waals surface area contributed by atoms with Gasteiger partial charge < -0.3 is 4.57 Å². The molecular weight excluding hydrogens is 335 g/mol. The standard InChI is InChI=1S/C24H21FN2/c1-4-18-8-10-20(11-9-18)23-24-22(12-13-26-23)16(2)17(3)27(24)15-19-6-5-7-21(25)14-19/h4-14H,1,15H2,2-3H3. The summed E-state index contributed by atoms with van der Waals surface area (Å²) in [7, 11) is 0. The molecule has 2 aromatic heterocycles. The summed E-state index contributed by atoms with van der Waals surface area (Å²) in [5, 5.41) is 1.18. The molecule has 0 fully saturated rings. The van der Waals surface area contributed by atoms with Crippen LogP contribution in [0.15, 0.2) is 67.4 Å². The van der Waals surface area contributed by atoms with Crippen molar-refractivity contribution in [2.24, 2.45) is 0 Å². The van der Waals surface area contributed by atoms with Gasteiger partial charge in [-0.3, -0.25) is 4.98 Å². The second-order valence-corrected chi connectivity index (χ2v) is 6.81. The minimum Gasteiger partial charge on any atom is -0.338 e. The van der Waals surface area contributed by atoms with Gasteiger partial charge in [-0.15, -0.1) is 0 Å². The summed E-state index contributed by atoms with van der Waals surface area (Å²) < 4.78 is 15.9. The van der Waals surface area contributed by atoms with E-state index in [1.54, 1.807) is 12.1 Å². The molecule has 0 bridgehead atoms. The Kier molecular flexibility index (Phi) is 4.36. The summed E-state index contributed by atoms with van der Waals surface area (Å²) in [6, 6.07) is 17.1. The topological polar surface area (TPSA) is 17.8 Å². The smallest absolute Gasteiger partial charge is 0.123 e. The number of rotatable bonds is 4. The van der Waals surface area contributed by atoms with Gasteiger partial charge in [0, 0.05) is 29.4 Å². The molecule has 0 saturated heterocycles. The number of halogens is 1. The molecule has 0 unspecified atom stereocenters. The first-order chi connectivity index (χ1) is 13.1. The molecule has 0 N–H and O–H groups in total. The molecule has 0 spiro atoms. The van der Waals surface area contributed by atoms with Gasteiger partial charge in [0.2, 0.25) is 0 Å². The van der Waals surface area contributed by atoms with E-state index in [9.17, 15) is 4.39 Å².